The van der Waals surface area contributed by atoms with E-state index >= 15 is 0 Å². The Morgan fingerprint density at radius 2 is 1.75 bits per heavy atom. The van der Waals surface area contributed by atoms with E-state index in [9.17, 15) is 14.9 Å². The molecule has 0 radical (unpaired) electrons. The van der Waals surface area contributed by atoms with Gasteiger partial charge >= 0.3 is 0 Å². The average Bonchev–Trinajstić information content (AvgIpc) is 3.35. The molecule has 0 bridgehead atoms. The van der Waals surface area contributed by atoms with Crippen molar-refractivity contribution >= 4 is 11.8 Å². The summed E-state index contributed by atoms with van der Waals surface area (Å²) < 4.78 is 0. The normalized spacial score (nSPS) is 25.1. The summed E-state index contributed by atoms with van der Waals surface area (Å²) in [6.07, 6.45) is 6.48. The van der Waals surface area contributed by atoms with E-state index in [0.29, 0.717) is 38.0 Å². The molecule has 1 saturated carbocycles. The van der Waals surface area contributed by atoms with Crippen LogP contribution in [0.25, 0.3) is 0 Å². The van der Waals surface area contributed by atoms with Gasteiger partial charge in [0.15, 0.2) is 0 Å². The highest BCUT2D eigenvalue weighted by Crippen LogP contribution is 2.38. The van der Waals surface area contributed by atoms with Crippen molar-refractivity contribution in [2.24, 2.45) is 11.8 Å². The molecular weight excluding hydrogens is 448 g/mol. The van der Waals surface area contributed by atoms with Crippen molar-refractivity contribution in [3.63, 3.8) is 0 Å². The first-order valence-electron chi connectivity index (χ1n) is 13.5. The molecule has 1 saturated heterocycles. The van der Waals surface area contributed by atoms with Gasteiger partial charge in [-0.25, -0.2) is 0 Å². The quantitative estimate of drug-likeness (QED) is 0.714. The second-order valence-corrected chi connectivity index (χ2v) is 10.6. The summed E-state index contributed by atoms with van der Waals surface area (Å²) in [6.45, 7) is 3.63. The highest BCUT2D eigenvalue weighted by atomic mass is 16.2. The molecule has 2 heterocycles. The molecule has 2 amide bonds. The largest absolute Gasteiger partial charge is 0.356 e. The highest BCUT2D eigenvalue weighted by Gasteiger charge is 2.45. The summed E-state index contributed by atoms with van der Waals surface area (Å²) in [5, 5.41) is 12.8. The summed E-state index contributed by atoms with van der Waals surface area (Å²) in [6, 6.07) is 18.5. The van der Waals surface area contributed by atoms with Crippen molar-refractivity contribution in [1.29, 1.82) is 5.26 Å². The zero-order valence-electron chi connectivity index (χ0n) is 21.0. The topological polar surface area (TPSA) is 76.4 Å². The lowest BCUT2D eigenvalue weighted by atomic mass is 9.97. The molecule has 0 aromatic heterocycles. The summed E-state index contributed by atoms with van der Waals surface area (Å²) in [4.78, 5) is 31.5. The molecule has 6 heteroatoms. The lowest BCUT2D eigenvalue weighted by Crippen LogP contribution is -2.44. The van der Waals surface area contributed by atoms with Crippen molar-refractivity contribution in [3.8, 4) is 6.07 Å². The number of carbonyl (C=O) groups excluding carboxylic acids is 2. The van der Waals surface area contributed by atoms with Crippen LogP contribution in [0.1, 0.15) is 60.8 Å². The fraction of sp³-hybridized carbons (Fsp3) is 0.500. The van der Waals surface area contributed by atoms with Gasteiger partial charge in [-0.15, -0.1) is 0 Å². The number of fused-ring (bicyclic) bond motifs is 2. The van der Waals surface area contributed by atoms with E-state index in [1.165, 1.54) is 11.1 Å². The van der Waals surface area contributed by atoms with E-state index in [2.05, 4.69) is 34.5 Å². The summed E-state index contributed by atoms with van der Waals surface area (Å²) in [5.41, 5.74) is 4.25. The molecule has 3 aliphatic rings. The van der Waals surface area contributed by atoms with Crippen molar-refractivity contribution < 1.29 is 9.59 Å². The minimum absolute atomic E-state index is 0.000811. The molecule has 3 atom stereocenters. The number of nitrogens with one attached hydrogen (secondary N) is 1. The van der Waals surface area contributed by atoms with Gasteiger partial charge < -0.3 is 10.2 Å². The van der Waals surface area contributed by atoms with Gasteiger partial charge in [-0.2, -0.15) is 5.26 Å². The first-order valence-corrected chi connectivity index (χ1v) is 13.5. The Kier molecular flexibility index (Phi) is 7.67. The van der Waals surface area contributed by atoms with E-state index in [4.69, 9.17) is 0 Å². The van der Waals surface area contributed by atoms with Crippen molar-refractivity contribution in [2.75, 3.05) is 19.6 Å². The van der Waals surface area contributed by atoms with E-state index in [-0.39, 0.29) is 29.7 Å². The molecule has 36 heavy (non-hydrogen) atoms. The van der Waals surface area contributed by atoms with Gasteiger partial charge in [0.1, 0.15) is 0 Å². The van der Waals surface area contributed by atoms with Gasteiger partial charge in [-0.05, 0) is 61.4 Å². The minimum atomic E-state index is -0.205. The molecule has 188 valence electrons. The van der Waals surface area contributed by atoms with Crippen LogP contribution < -0.4 is 5.32 Å². The standard InChI is InChI=1S/C30H36N4O2/c31-19-23-10-4-6-12-25(23)20-33-15-8-2-1-7-14-32-29(35)27-17-26(18-28(27)33)30(36)34-16-13-22-9-3-5-11-24(22)21-34/h3-6,9-12,26-28H,1-2,7-8,13-18,20-21H2,(H,32,35). The van der Waals surface area contributed by atoms with Crippen molar-refractivity contribution in [3.05, 3.63) is 70.8 Å². The van der Waals surface area contributed by atoms with Crippen LogP contribution in [-0.2, 0) is 29.1 Å². The number of hydrogen-bond acceptors (Lipinski definition) is 4. The van der Waals surface area contributed by atoms with E-state index in [1.807, 2.05) is 35.2 Å². The van der Waals surface area contributed by atoms with Crippen molar-refractivity contribution in [1.82, 2.24) is 15.1 Å². The second-order valence-electron chi connectivity index (χ2n) is 10.6. The third kappa shape index (κ3) is 5.32. The lowest BCUT2D eigenvalue weighted by molar-refractivity contribution is -0.136. The predicted molar refractivity (Wildman–Crippen MR) is 139 cm³/mol. The molecule has 6 nitrogen and oxygen atoms in total. The van der Waals surface area contributed by atoms with Crippen LogP contribution in [0.15, 0.2) is 48.5 Å². The van der Waals surface area contributed by atoms with E-state index in [1.54, 1.807) is 0 Å². The molecule has 3 unspecified atom stereocenters. The first-order chi connectivity index (χ1) is 17.6. The number of nitrogens with zero attached hydrogens (tertiary/aromatic N) is 3. The van der Waals surface area contributed by atoms with Gasteiger partial charge in [0.2, 0.25) is 11.8 Å². The Morgan fingerprint density at radius 3 is 2.61 bits per heavy atom. The molecule has 1 N–H and O–H groups in total. The van der Waals surface area contributed by atoms with E-state index < -0.39 is 0 Å². The molecule has 5 rings (SSSR count). The molecular formula is C30H36N4O2. The SMILES string of the molecule is N#Cc1ccccc1CN1CCCCCCNC(=O)C2CC(C(=O)N3CCc4ccccc4C3)CC21. The molecule has 2 aliphatic heterocycles. The summed E-state index contributed by atoms with van der Waals surface area (Å²) >= 11 is 0. The number of hydrogen-bond donors (Lipinski definition) is 1. The molecule has 2 aromatic rings. The fourth-order valence-corrected chi connectivity index (χ4v) is 6.33. The van der Waals surface area contributed by atoms with Crippen LogP contribution in [0, 0.1) is 23.2 Å². The summed E-state index contributed by atoms with van der Waals surface area (Å²) in [7, 11) is 0. The lowest BCUT2D eigenvalue weighted by Gasteiger charge is -2.33. The highest BCUT2D eigenvalue weighted by molar-refractivity contribution is 5.84. The van der Waals surface area contributed by atoms with Crippen LogP contribution in [0.3, 0.4) is 0 Å². The minimum Gasteiger partial charge on any atom is -0.356 e. The average molecular weight is 485 g/mol. The Bertz CT molecular complexity index is 1140. The van der Waals surface area contributed by atoms with Crippen LogP contribution in [0.2, 0.25) is 0 Å². The Balaban J connectivity index is 1.38. The van der Waals surface area contributed by atoms with Gasteiger partial charge in [0.25, 0.3) is 0 Å². The zero-order chi connectivity index (χ0) is 24.9. The van der Waals surface area contributed by atoms with Gasteiger partial charge in [0.05, 0.1) is 17.6 Å². The summed E-state index contributed by atoms with van der Waals surface area (Å²) in [5.74, 6) is -0.0786. The number of rotatable bonds is 3. The monoisotopic (exact) mass is 484 g/mol. The van der Waals surface area contributed by atoms with Crippen LogP contribution >= 0.6 is 0 Å². The second kappa shape index (κ2) is 11.3. The van der Waals surface area contributed by atoms with Crippen LogP contribution in [0.5, 0.6) is 0 Å². The Morgan fingerprint density at radius 1 is 0.972 bits per heavy atom. The predicted octanol–water partition coefficient (Wildman–Crippen LogP) is 4.03. The fourth-order valence-electron chi connectivity index (χ4n) is 6.33. The molecule has 2 fully saturated rings. The zero-order valence-corrected chi connectivity index (χ0v) is 21.0. The maximum absolute atomic E-state index is 13.7. The Labute approximate surface area is 214 Å². The third-order valence-corrected chi connectivity index (χ3v) is 8.31. The Hall–Kier alpha value is -3.17. The number of amides is 2. The van der Waals surface area contributed by atoms with Crippen molar-refractivity contribution in [2.45, 2.75) is 64.1 Å². The molecule has 2 aromatic carbocycles. The number of nitriles is 1. The molecule has 0 spiro atoms. The third-order valence-electron chi connectivity index (χ3n) is 8.31. The van der Waals surface area contributed by atoms with Gasteiger partial charge in [0, 0.05) is 38.1 Å². The number of benzene rings is 2. The smallest absolute Gasteiger partial charge is 0.226 e. The van der Waals surface area contributed by atoms with Crippen LogP contribution in [0.4, 0.5) is 0 Å². The maximum Gasteiger partial charge on any atom is 0.226 e. The van der Waals surface area contributed by atoms with Gasteiger partial charge in [-0.1, -0.05) is 55.3 Å². The van der Waals surface area contributed by atoms with Gasteiger partial charge in [-0.3, -0.25) is 14.5 Å². The van der Waals surface area contributed by atoms with Crippen LogP contribution in [-0.4, -0.2) is 47.3 Å². The van der Waals surface area contributed by atoms with E-state index in [0.717, 1.165) is 50.8 Å². The maximum atomic E-state index is 13.7. The molecule has 1 aliphatic carbocycles. The number of carbonyl (C=O) groups is 2. The first kappa shape index (κ1) is 24.5.